The fraction of sp³-hybridized carbons (Fsp3) is 0.346. The number of aliphatic hydroxyl groups excluding tert-OH is 1. The SMILES string of the molecule is C[C@@H](N[P@@](=O)(OC[C@H]1O[C@@H](n2ccc(=O)[nH]c2=O)[C@H](O)[C@@H]1CF)Oc1ccccc1)C(=O)OCc1ccccc1. The summed E-state index contributed by atoms with van der Waals surface area (Å²) in [6.07, 6.45) is -2.88. The zero-order valence-corrected chi connectivity index (χ0v) is 22.3. The summed E-state index contributed by atoms with van der Waals surface area (Å²) in [6.45, 7) is -0.184. The lowest BCUT2D eigenvalue weighted by atomic mass is 10.00. The monoisotopic (exact) mass is 577 g/mol. The Morgan fingerprint density at radius 2 is 1.82 bits per heavy atom. The third-order valence-electron chi connectivity index (χ3n) is 6.13. The van der Waals surface area contributed by atoms with Crippen LogP contribution in [0.15, 0.2) is 82.5 Å². The maximum atomic E-state index is 13.9. The number of para-hydroxylation sites is 1. The van der Waals surface area contributed by atoms with Gasteiger partial charge in [0.25, 0.3) is 5.56 Å². The van der Waals surface area contributed by atoms with Crippen LogP contribution in [0.3, 0.4) is 0 Å². The van der Waals surface area contributed by atoms with Gasteiger partial charge in [0, 0.05) is 18.2 Å². The first-order valence-corrected chi connectivity index (χ1v) is 13.9. The van der Waals surface area contributed by atoms with E-state index in [0.29, 0.717) is 0 Å². The van der Waals surface area contributed by atoms with Crippen molar-refractivity contribution in [1.82, 2.24) is 14.6 Å². The predicted octanol–water partition coefficient (Wildman–Crippen LogP) is 2.31. The van der Waals surface area contributed by atoms with Gasteiger partial charge in [-0.3, -0.25) is 28.1 Å². The van der Waals surface area contributed by atoms with Crippen LogP contribution in [-0.4, -0.2) is 52.2 Å². The van der Waals surface area contributed by atoms with Crippen molar-refractivity contribution in [1.29, 1.82) is 0 Å². The number of carbonyl (C=O) groups excluding carboxylic acids is 1. The van der Waals surface area contributed by atoms with Crippen molar-refractivity contribution in [3.05, 3.63) is 99.3 Å². The topological polar surface area (TPSA) is 158 Å². The van der Waals surface area contributed by atoms with E-state index in [-0.39, 0.29) is 12.4 Å². The summed E-state index contributed by atoms with van der Waals surface area (Å²) >= 11 is 0. The second-order valence-electron chi connectivity index (χ2n) is 9.03. The molecule has 1 aliphatic rings. The zero-order chi connectivity index (χ0) is 28.7. The Bertz CT molecular complexity index is 1440. The molecule has 214 valence electrons. The molecule has 0 spiro atoms. The summed E-state index contributed by atoms with van der Waals surface area (Å²) in [5.74, 6) is -1.73. The molecule has 3 aromatic rings. The summed E-state index contributed by atoms with van der Waals surface area (Å²) in [5, 5.41) is 13.2. The highest BCUT2D eigenvalue weighted by molar-refractivity contribution is 7.52. The van der Waals surface area contributed by atoms with Crippen LogP contribution in [0.25, 0.3) is 0 Å². The van der Waals surface area contributed by atoms with Crippen molar-refractivity contribution in [2.45, 2.75) is 38.0 Å². The van der Waals surface area contributed by atoms with Crippen LogP contribution < -0.4 is 20.9 Å². The summed E-state index contributed by atoms with van der Waals surface area (Å²) < 4.78 is 50.8. The number of nitrogens with one attached hydrogen (secondary N) is 2. The Morgan fingerprint density at radius 3 is 2.48 bits per heavy atom. The molecular formula is C26H29FN3O9P. The minimum atomic E-state index is -4.31. The number of carbonyl (C=O) groups is 1. The molecule has 1 saturated heterocycles. The molecule has 2 aromatic carbocycles. The average Bonchev–Trinajstić information content (AvgIpc) is 3.26. The van der Waals surface area contributed by atoms with Gasteiger partial charge in [-0.15, -0.1) is 0 Å². The van der Waals surface area contributed by atoms with Crippen LogP contribution in [0, 0.1) is 5.92 Å². The standard InChI is InChI=1S/C26H29FN3O9P/c1-17(25(33)36-15-18-8-4-2-5-9-18)29-40(35,39-19-10-6-3-7-11-19)37-16-21-20(14-27)23(32)24(38-21)30-13-12-22(31)28-26(30)34/h2-13,17,20-21,23-24,32H,14-16H2,1H3,(H,29,35)(H,28,31,34)/t17-,20-,21-,23-,24-,40-/m1/s1. The van der Waals surface area contributed by atoms with E-state index in [1.807, 2.05) is 11.1 Å². The minimum Gasteiger partial charge on any atom is -0.460 e. The fourth-order valence-electron chi connectivity index (χ4n) is 4.03. The molecule has 2 heterocycles. The third kappa shape index (κ3) is 7.32. The number of halogens is 1. The van der Waals surface area contributed by atoms with Gasteiger partial charge in [-0.2, -0.15) is 5.09 Å². The molecule has 14 heteroatoms. The van der Waals surface area contributed by atoms with Crippen molar-refractivity contribution >= 4 is 13.7 Å². The van der Waals surface area contributed by atoms with Crippen LogP contribution in [0.5, 0.6) is 5.75 Å². The van der Waals surface area contributed by atoms with E-state index in [4.69, 9.17) is 18.5 Å². The molecule has 1 aromatic heterocycles. The Kier molecular flexibility index (Phi) is 9.67. The van der Waals surface area contributed by atoms with Gasteiger partial charge in [0.2, 0.25) is 0 Å². The second kappa shape index (κ2) is 13.2. The molecule has 12 nitrogen and oxygen atoms in total. The van der Waals surface area contributed by atoms with Gasteiger partial charge < -0.3 is 19.1 Å². The van der Waals surface area contributed by atoms with Gasteiger partial charge in [0.05, 0.1) is 19.4 Å². The molecule has 4 rings (SSSR count). The van der Waals surface area contributed by atoms with Gasteiger partial charge in [0.15, 0.2) is 6.23 Å². The maximum Gasteiger partial charge on any atom is 0.459 e. The van der Waals surface area contributed by atoms with E-state index in [1.54, 1.807) is 42.5 Å². The van der Waals surface area contributed by atoms with Crippen LogP contribution in [0.1, 0.15) is 18.7 Å². The van der Waals surface area contributed by atoms with E-state index in [9.17, 15) is 28.4 Å². The molecule has 0 aliphatic carbocycles. The van der Waals surface area contributed by atoms with E-state index < -0.39 is 68.6 Å². The quantitative estimate of drug-likeness (QED) is 0.215. The smallest absolute Gasteiger partial charge is 0.459 e. The van der Waals surface area contributed by atoms with E-state index in [1.165, 1.54) is 19.1 Å². The number of esters is 1. The molecule has 0 unspecified atom stereocenters. The predicted molar refractivity (Wildman–Crippen MR) is 140 cm³/mol. The summed E-state index contributed by atoms with van der Waals surface area (Å²) in [4.78, 5) is 38.3. The van der Waals surface area contributed by atoms with Gasteiger partial charge in [-0.25, -0.2) is 9.36 Å². The first kappa shape index (κ1) is 29.4. The molecule has 1 fully saturated rings. The highest BCUT2D eigenvalue weighted by Gasteiger charge is 2.46. The number of ether oxygens (including phenoxy) is 2. The minimum absolute atomic E-state index is 0.00607. The van der Waals surface area contributed by atoms with Gasteiger partial charge >= 0.3 is 19.4 Å². The maximum absolute atomic E-state index is 13.9. The molecule has 0 saturated carbocycles. The summed E-state index contributed by atoms with van der Waals surface area (Å²) in [6, 6.07) is 16.9. The summed E-state index contributed by atoms with van der Waals surface area (Å²) in [7, 11) is -4.31. The van der Waals surface area contributed by atoms with Crippen molar-refractivity contribution < 1.29 is 37.4 Å². The Labute approximate surface area is 228 Å². The number of hydrogen-bond acceptors (Lipinski definition) is 9. The van der Waals surface area contributed by atoms with E-state index in [0.717, 1.165) is 22.4 Å². The number of hydrogen-bond donors (Lipinski definition) is 3. The largest absolute Gasteiger partial charge is 0.460 e. The van der Waals surface area contributed by atoms with Gasteiger partial charge in [0.1, 0.15) is 24.5 Å². The van der Waals surface area contributed by atoms with E-state index >= 15 is 0 Å². The first-order valence-electron chi connectivity index (χ1n) is 12.4. The number of H-pyrrole nitrogens is 1. The van der Waals surface area contributed by atoms with E-state index in [2.05, 4.69) is 5.09 Å². The van der Waals surface area contributed by atoms with Gasteiger partial charge in [-0.1, -0.05) is 48.5 Å². The molecular weight excluding hydrogens is 548 g/mol. The van der Waals surface area contributed by atoms with Crippen molar-refractivity contribution in [3.8, 4) is 5.75 Å². The fourth-order valence-corrected chi connectivity index (χ4v) is 5.53. The first-order chi connectivity index (χ1) is 19.2. The Balaban J connectivity index is 1.47. The molecule has 40 heavy (non-hydrogen) atoms. The number of aliphatic hydroxyl groups is 1. The highest BCUT2D eigenvalue weighted by atomic mass is 31.2. The van der Waals surface area contributed by atoms with Crippen LogP contribution in [0.4, 0.5) is 4.39 Å². The van der Waals surface area contributed by atoms with Crippen LogP contribution >= 0.6 is 7.75 Å². The van der Waals surface area contributed by atoms with Gasteiger partial charge in [-0.05, 0) is 24.6 Å². The highest BCUT2D eigenvalue weighted by Crippen LogP contribution is 2.46. The average molecular weight is 578 g/mol. The van der Waals surface area contributed by atoms with Crippen molar-refractivity contribution in [2.24, 2.45) is 5.92 Å². The number of benzene rings is 2. The molecule has 0 amide bonds. The third-order valence-corrected chi connectivity index (χ3v) is 7.78. The number of alkyl halides is 1. The number of rotatable bonds is 12. The lowest BCUT2D eigenvalue weighted by Gasteiger charge is -2.25. The lowest BCUT2D eigenvalue weighted by Crippen LogP contribution is -2.36. The Morgan fingerprint density at radius 1 is 1.15 bits per heavy atom. The van der Waals surface area contributed by atoms with Crippen molar-refractivity contribution in [2.75, 3.05) is 13.3 Å². The normalized spacial score (nSPS) is 22.8. The molecule has 0 radical (unpaired) electrons. The number of nitrogens with zero attached hydrogens (tertiary/aromatic N) is 1. The zero-order valence-electron chi connectivity index (χ0n) is 21.4. The Hall–Kier alpha value is -3.61. The van der Waals surface area contributed by atoms with Crippen LogP contribution in [0.2, 0.25) is 0 Å². The number of aromatic amines is 1. The van der Waals surface area contributed by atoms with Crippen molar-refractivity contribution in [3.63, 3.8) is 0 Å². The van der Waals surface area contributed by atoms with Crippen LogP contribution in [-0.2, 0) is 30.0 Å². The molecule has 1 aliphatic heterocycles. The molecule has 3 N–H and O–H groups in total. The lowest BCUT2D eigenvalue weighted by molar-refractivity contribution is -0.146. The second-order valence-corrected chi connectivity index (χ2v) is 10.7. The molecule has 0 bridgehead atoms. The number of aromatic nitrogens is 2. The summed E-state index contributed by atoms with van der Waals surface area (Å²) in [5.41, 5.74) is -0.760. The molecule has 6 atom stereocenters.